The Kier molecular flexibility index (Phi) is 3.24. The highest BCUT2D eigenvalue weighted by molar-refractivity contribution is 5.82. The van der Waals surface area contributed by atoms with Crippen LogP contribution in [0.1, 0.15) is 12.8 Å². The molecule has 0 spiro atoms. The lowest BCUT2D eigenvalue weighted by atomic mass is 10.2. The number of hydrogen-bond donors (Lipinski definition) is 2. The third-order valence-corrected chi connectivity index (χ3v) is 3.70. The number of fused-ring (bicyclic) bond motifs is 1. The van der Waals surface area contributed by atoms with Crippen molar-refractivity contribution < 1.29 is 14.8 Å². The van der Waals surface area contributed by atoms with Gasteiger partial charge in [-0.3, -0.25) is 19.9 Å². The molecule has 0 saturated carbocycles. The molecule has 1 aromatic carbocycles. The molecule has 22 heavy (non-hydrogen) atoms. The molecule has 0 aliphatic carbocycles. The molecule has 0 amide bonds. The van der Waals surface area contributed by atoms with E-state index in [1.165, 1.54) is 17.0 Å². The summed E-state index contributed by atoms with van der Waals surface area (Å²) in [6.07, 6.45) is 1.18. The first-order valence-corrected chi connectivity index (χ1v) is 6.65. The fraction of sp³-hybridized carbons (Fsp3) is 0.308. The Morgan fingerprint density at radius 3 is 2.95 bits per heavy atom. The number of nitro benzene ring substituents is 1. The van der Waals surface area contributed by atoms with Gasteiger partial charge in [-0.1, -0.05) is 0 Å². The summed E-state index contributed by atoms with van der Waals surface area (Å²) in [6, 6.07) is 3.08. The summed E-state index contributed by atoms with van der Waals surface area (Å²) in [7, 11) is 0. The van der Waals surface area contributed by atoms with Crippen molar-refractivity contribution >= 4 is 28.5 Å². The van der Waals surface area contributed by atoms with E-state index >= 15 is 0 Å². The average Bonchev–Trinajstić information content (AvgIpc) is 2.96. The van der Waals surface area contributed by atoms with E-state index < -0.39 is 22.5 Å². The van der Waals surface area contributed by atoms with Crippen LogP contribution in [0.25, 0.3) is 10.9 Å². The van der Waals surface area contributed by atoms with Gasteiger partial charge in [0, 0.05) is 18.7 Å². The number of aromatic nitrogens is 2. The van der Waals surface area contributed by atoms with Gasteiger partial charge in [0.2, 0.25) is 5.95 Å². The van der Waals surface area contributed by atoms with Crippen LogP contribution in [0.2, 0.25) is 0 Å². The zero-order chi connectivity index (χ0) is 15.9. The van der Waals surface area contributed by atoms with Gasteiger partial charge >= 0.3 is 5.97 Å². The van der Waals surface area contributed by atoms with Crippen LogP contribution < -0.4 is 10.5 Å². The average molecular weight is 304 g/mol. The summed E-state index contributed by atoms with van der Waals surface area (Å²) < 4.78 is 0. The van der Waals surface area contributed by atoms with Gasteiger partial charge in [-0.05, 0) is 18.9 Å². The molecule has 9 nitrogen and oxygen atoms in total. The molecule has 2 heterocycles. The number of carboxylic acids is 1. The summed E-state index contributed by atoms with van der Waals surface area (Å²) in [5.74, 6) is -0.791. The van der Waals surface area contributed by atoms with Gasteiger partial charge in [0.15, 0.2) is 0 Å². The number of hydrogen-bond acceptors (Lipinski definition) is 6. The number of rotatable bonds is 3. The van der Waals surface area contributed by atoms with Gasteiger partial charge in [-0.15, -0.1) is 0 Å². The number of anilines is 1. The van der Waals surface area contributed by atoms with Gasteiger partial charge in [0.25, 0.3) is 11.2 Å². The number of non-ortho nitro benzene ring substituents is 1. The highest BCUT2D eigenvalue weighted by Gasteiger charge is 2.32. The minimum Gasteiger partial charge on any atom is -0.480 e. The van der Waals surface area contributed by atoms with Gasteiger partial charge in [-0.25, -0.2) is 9.78 Å². The Hall–Kier alpha value is -2.97. The van der Waals surface area contributed by atoms with Gasteiger partial charge in [-0.2, -0.15) is 0 Å². The molecule has 0 unspecified atom stereocenters. The molecular weight excluding hydrogens is 292 g/mol. The highest BCUT2D eigenvalue weighted by Crippen LogP contribution is 2.24. The van der Waals surface area contributed by atoms with Crippen molar-refractivity contribution in [3.05, 3.63) is 38.7 Å². The predicted octanol–water partition coefficient (Wildman–Crippen LogP) is 0.885. The molecule has 114 valence electrons. The summed E-state index contributed by atoms with van der Waals surface area (Å²) in [5.41, 5.74) is -0.433. The number of benzene rings is 1. The molecule has 1 aliphatic heterocycles. The van der Waals surface area contributed by atoms with Gasteiger partial charge in [0.05, 0.1) is 15.8 Å². The lowest BCUT2D eigenvalue weighted by Gasteiger charge is -2.21. The topological polar surface area (TPSA) is 129 Å². The maximum absolute atomic E-state index is 12.1. The second-order valence-electron chi connectivity index (χ2n) is 5.04. The quantitative estimate of drug-likeness (QED) is 0.636. The van der Waals surface area contributed by atoms with Crippen LogP contribution in [0, 0.1) is 10.1 Å². The largest absolute Gasteiger partial charge is 0.480 e. The van der Waals surface area contributed by atoms with Crippen molar-refractivity contribution in [2.75, 3.05) is 11.4 Å². The summed E-state index contributed by atoms with van der Waals surface area (Å²) >= 11 is 0. The number of nitro groups is 1. The third-order valence-electron chi connectivity index (χ3n) is 3.70. The van der Waals surface area contributed by atoms with Crippen LogP contribution in [-0.2, 0) is 4.79 Å². The van der Waals surface area contributed by atoms with Crippen LogP contribution in [0.3, 0.4) is 0 Å². The second-order valence-corrected chi connectivity index (χ2v) is 5.04. The van der Waals surface area contributed by atoms with E-state index in [4.69, 9.17) is 0 Å². The van der Waals surface area contributed by atoms with E-state index in [2.05, 4.69) is 9.97 Å². The Morgan fingerprint density at radius 1 is 1.50 bits per heavy atom. The summed E-state index contributed by atoms with van der Waals surface area (Å²) in [6.45, 7) is 0.485. The fourth-order valence-electron chi connectivity index (χ4n) is 2.64. The monoisotopic (exact) mass is 304 g/mol. The van der Waals surface area contributed by atoms with Crippen LogP contribution >= 0.6 is 0 Å². The van der Waals surface area contributed by atoms with Crippen LogP contribution in [0.4, 0.5) is 11.6 Å². The van der Waals surface area contributed by atoms with E-state index in [1.807, 2.05) is 0 Å². The van der Waals surface area contributed by atoms with E-state index in [-0.39, 0.29) is 17.0 Å². The maximum atomic E-state index is 12.1. The molecule has 1 fully saturated rings. The zero-order valence-electron chi connectivity index (χ0n) is 11.4. The summed E-state index contributed by atoms with van der Waals surface area (Å²) in [4.78, 5) is 41.8. The van der Waals surface area contributed by atoms with Crippen molar-refractivity contribution in [2.24, 2.45) is 0 Å². The SMILES string of the molecule is O=C(O)[C@@H]1CCCN1c1nc2ccc([N+](=O)[O-])cc2c(=O)[nH]1. The lowest BCUT2D eigenvalue weighted by Crippen LogP contribution is -2.37. The number of aliphatic carboxylic acids is 1. The molecule has 2 N–H and O–H groups in total. The Morgan fingerprint density at radius 2 is 2.27 bits per heavy atom. The smallest absolute Gasteiger partial charge is 0.326 e. The van der Waals surface area contributed by atoms with Crippen molar-refractivity contribution in [1.29, 1.82) is 0 Å². The van der Waals surface area contributed by atoms with Gasteiger partial charge in [0.1, 0.15) is 6.04 Å². The molecule has 2 aromatic rings. The summed E-state index contributed by atoms with van der Waals surface area (Å²) in [5, 5.41) is 20.0. The molecular formula is C13H12N4O5. The maximum Gasteiger partial charge on any atom is 0.326 e. The minimum absolute atomic E-state index is 0.101. The van der Waals surface area contributed by atoms with Crippen molar-refractivity contribution in [3.63, 3.8) is 0 Å². The Bertz CT molecular complexity index is 831. The van der Waals surface area contributed by atoms with Crippen molar-refractivity contribution in [3.8, 4) is 0 Å². The Labute approximate surface area is 123 Å². The number of H-pyrrole nitrogens is 1. The third kappa shape index (κ3) is 2.26. The number of aromatic amines is 1. The van der Waals surface area contributed by atoms with E-state index in [9.17, 15) is 24.8 Å². The highest BCUT2D eigenvalue weighted by atomic mass is 16.6. The van der Waals surface area contributed by atoms with E-state index in [1.54, 1.807) is 0 Å². The standard InChI is InChI=1S/C13H12N4O5/c18-11-8-6-7(17(21)22)3-4-9(8)14-13(15-11)16-5-1-2-10(16)12(19)20/h3-4,6,10H,1-2,5H2,(H,19,20)(H,14,15,18)/t10-/m0/s1. The molecule has 1 saturated heterocycles. The normalized spacial score (nSPS) is 17.8. The van der Waals surface area contributed by atoms with Crippen LogP contribution in [-0.4, -0.2) is 38.6 Å². The molecule has 3 rings (SSSR count). The number of carboxylic acid groups (broad SMARTS) is 1. The number of nitrogens with zero attached hydrogens (tertiary/aromatic N) is 3. The number of nitrogens with one attached hydrogen (secondary N) is 1. The van der Waals surface area contributed by atoms with E-state index in [0.717, 1.165) is 6.07 Å². The fourth-order valence-corrected chi connectivity index (χ4v) is 2.64. The van der Waals surface area contributed by atoms with Gasteiger partial charge < -0.3 is 10.0 Å². The molecule has 9 heteroatoms. The first kappa shape index (κ1) is 14.0. The second kappa shape index (κ2) is 5.10. The predicted molar refractivity (Wildman–Crippen MR) is 77.0 cm³/mol. The molecule has 0 bridgehead atoms. The lowest BCUT2D eigenvalue weighted by molar-refractivity contribution is -0.384. The first-order chi connectivity index (χ1) is 10.5. The van der Waals surface area contributed by atoms with Crippen molar-refractivity contribution in [2.45, 2.75) is 18.9 Å². The molecule has 1 aromatic heterocycles. The van der Waals surface area contributed by atoms with Crippen LogP contribution in [0.5, 0.6) is 0 Å². The molecule has 1 aliphatic rings. The first-order valence-electron chi connectivity index (χ1n) is 6.65. The zero-order valence-corrected chi connectivity index (χ0v) is 11.4. The van der Waals surface area contributed by atoms with E-state index in [0.29, 0.717) is 24.9 Å². The van der Waals surface area contributed by atoms with Crippen molar-refractivity contribution in [1.82, 2.24) is 9.97 Å². The Balaban J connectivity index is 2.10. The van der Waals surface area contributed by atoms with Crippen LogP contribution in [0.15, 0.2) is 23.0 Å². The molecule has 1 atom stereocenters. The number of carbonyl (C=O) groups is 1. The minimum atomic E-state index is -0.969. The molecule has 0 radical (unpaired) electrons.